The molecule has 1 aliphatic rings. The third kappa shape index (κ3) is 4.17. The van der Waals surface area contributed by atoms with Crippen molar-refractivity contribution in [3.8, 4) is 11.5 Å². The number of esters is 1. The molecule has 6 heteroatoms. The molecule has 3 aromatic rings. The first-order chi connectivity index (χ1) is 15.5. The van der Waals surface area contributed by atoms with Gasteiger partial charge < -0.3 is 19.2 Å². The molecule has 32 heavy (non-hydrogen) atoms. The second-order valence-electron chi connectivity index (χ2n) is 7.72. The van der Waals surface area contributed by atoms with E-state index in [-0.39, 0.29) is 11.9 Å². The smallest absolute Gasteiger partial charge is 0.339 e. The van der Waals surface area contributed by atoms with Crippen LogP contribution < -0.4 is 9.47 Å². The summed E-state index contributed by atoms with van der Waals surface area (Å²) in [5, 5.41) is 6.61. The summed E-state index contributed by atoms with van der Waals surface area (Å²) in [6.45, 7) is 0. The lowest BCUT2D eigenvalue weighted by Gasteiger charge is -2.27. The Morgan fingerprint density at radius 1 is 0.906 bits per heavy atom. The highest BCUT2D eigenvalue weighted by Gasteiger charge is 2.40. The summed E-state index contributed by atoms with van der Waals surface area (Å²) in [6.07, 6.45) is -0.507. The van der Waals surface area contributed by atoms with Crippen LogP contribution in [0.1, 0.15) is 39.1 Å². The minimum Gasteiger partial charge on any atom is -0.497 e. The molecule has 0 spiro atoms. The molecular weight excluding hydrogens is 404 g/mol. The van der Waals surface area contributed by atoms with Crippen LogP contribution in [0.15, 0.2) is 77.9 Å². The first kappa shape index (κ1) is 21.4. The zero-order chi connectivity index (χ0) is 22.7. The van der Waals surface area contributed by atoms with Crippen molar-refractivity contribution in [3.05, 3.63) is 95.1 Å². The monoisotopic (exact) mass is 430 g/mol. The van der Waals surface area contributed by atoms with Gasteiger partial charge in [0.1, 0.15) is 17.6 Å². The SMILES string of the molecule is COc1ccc(/C(=N\N(C)C)C(c2ccc(OC)cc2)C2OC(=O)c3ccccc32)cc1. The third-order valence-electron chi connectivity index (χ3n) is 5.49. The van der Waals surface area contributed by atoms with E-state index in [0.717, 1.165) is 33.9 Å². The van der Waals surface area contributed by atoms with Crippen molar-refractivity contribution in [3.63, 3.8) is 0 Å². The van der Waals surface area contributed by atoms with Crippen LogP contribution >= 0.6 is 0 Å². The van der Waals surface area contributed by atoms with Gasteiger partial charge in [0.15, 0.2) is 0 Å². The Hall–Kier alpha value is -3.80. The minimum atomic E-state index is -0.507. The summed E-state index contributed by atoms with van der Waals surface area (Å²) < 4.78 is 16.6. The first-order valence-corrected chi connectivity index (χ1v) is 10.4. The number of hydrogen-bond acceptors (Lipinski definition) is 6. The molecule has 2 atom stereocenters. The lowest BCUT2D eigenvalue weighted by Crippen LogP contribution is -2.24. The lowest BCUT2D eigenvalue weighted by molar-refractivity contribution is 0.0368. The lowest BCUT2D eigenvalue weighted by atomic mass is 9.82. The molecule has 0 fully saturated rings. The molecule has 3 aromatic carbocycles. The predicted octanol–water partition coefficient (Wildman–Crippen LogP) is 4.67. The summed E-state index contributed by atoms with van der Waals surface area (Å²) in [5.74, 6) is 0.871. The van der Waals surface area contributed by atoms with Gasteiger partial charge in [-0.2, -0.15) is 5.10 Å². The molecule has 0 bridgehead atoms. The normalized spacial score (nSPS) is 16.2. The van der Waals surface area contributed by atoms with E-state index in [2.05, 4.69) is 0 Å². The fraction of sp³-hybridized carbons (Fsp3) is 0.231. The molecular formula is C26H26N2O4. The number of cyclic esters (lactones) is 1. The van der Waals surface area contributed by atoms with Crippen LogP contribution in [-0.4, -0.2) is 45.0 Å². The molecule has 0 saturated carbocycles. The van der Waals surface area contributed by atoms with Crippen LogP contribution in [0.5, 0.6) is 11.5 Å². The summed E-state index contributed by atoms with van der Waals surface area (Å²) in [6, 6.07) is 23.1. The van der Waals surface area contributed by atoms with Gasteiger partial charge in [0.25, 0.3) is 0 Å². The van der Waals surface area contributed by atoms with E-state index in [1.54, 1.807) is 25.3 Å². The fourth-order valence-electron chi connectivity index (χ4n) is 3.98. The Balaban J connectivity index is 1.89. The average molecular weight is 431 g/mol. The van der Waals surface area contributed by atoms with Gasteiger partial charge in [0, 0.05) is 19.7 Å². The Morgan fingerprint density at radius 3 is 2.09 bits per heavy atom. The number of carbonyl (C=O) groups excluding carboxylic acids is 1. The van der Waals surface area contributed by atoms with Crippen molar-refractivity contribution in [2.45, 2.75) is 12.0 Å². The van der Waals surface area contributed by atoms with Gasteiger partial charge in [0.05, 0.1) is 31.4 Å². The molecule has 0 radical (unpaired) electrons. The second kappa shape index (κ2) is 9.14. The van der Waals surface area contributed by atoms with E-state index in [9.17, 15) is 4.79 Å². The quantitative estimate of drug-likeness (QED) is 0.310. The molecule has 0 aromatic heterocycles. The first-order valence-electron chi connectivity index (χ1n) is 10.4. The Morgan fingerprint density at radius 2 is 1.50 bits per heavy atom. The number of hydrazone groups is 1. The van der Waals surface area contributed by atoms with Crippen LogP contribution in [0.3, 0.4) is 0 Å². The van der Waals surface area contributed by atoms with Crippen LogP contribution in [0, 0.1) is 0 Å². The number of rotatable bonds is 7. The van der Waals surface area contributed by atoms with E-state index in [1.165, 1.54) is 0 Å². The van der Waals surface area contributed by atoms with Crippen molar-refractivity contribution in [2.24, 2.45) is 5.10 Å². The van der Waals surface area contributed by atoms with Gasteiger partial charge in [-0.3, -0.25) is 0 Å². The van der Waals surface area contributed by atoms with Crippen LogP contribution in [0.25, 0.3) is 0 Å². The van der Waals surface area contributed by atoms with Crippen LogP contribution in [0.2, 0.25) is 0 Å². The largest absolute Gasteiger partial charge is 0.497 e. The topological polar surface area (TPSA) is 60.4 Å². The van der Waals surface area contributed by atoms with Gasteiger partial charge in [0.2, 0.25) is 0 Å². The highest BCUT2D eigenvalue weighted by molar-refractivity contribution is 6.06. The molecule has 164 valence electrons. The van der Waals surface area contributed by atoms with Crippen molar-refractivity contribution in [2.75, 3.05) is 28.3 Å². The molecule has 6 nitrogen and oxygen atoms in total. The van der Waals surface area contributed by atoms with Gasteiger partial charge >= 0.3 is 5.97 Å². The maximum atomic E-state index is 12.7. The standard InChI is InChI=1S/C26H26N2O4/c1-28(2)27-24(18-11-15-20(31-4)16-12-18)23(17-9-13-19(30-3)14-10-17)25-21-7-5-6-8-22(21)26(29)32-25/h5-16,23,25H,1-4H3/b27-24+. The summed E-state index contributed by atoms with van der Waals surface area (Å²) >= 11 is 0. The van der Waals surface area contributed by atoms with E-state index in [1.807, 2.05) is 80.8 Å². The van der Waals surface area contributed by atoms with Crippen molar-refractivity contribution >= 4 is 11.7 Å². The van der Waals surface area contributed by atoms with Crippen LogP contribution in [0.4, 0.5) is 0 Å². The molecule has 0 saturated heterocycles. The molecule has 0 amide bonds. The number of carbonyl (C=O) groups is 1. The molecule has 1 heterocycles. The van der Waals surface area contributed by atoms with E-state index >= 15 is 0 Å². The van der Waals surface area contributed by atoms with Gasteiger partial charge in [-0.1, -0.05) is 30.3 Å². The number of fused-ring (bicyclic) bond motifs is 1. The highest BCUT2D eigenvalue weighted by Crippen LogP contribution is 2.43. The van der Waals surface area contributed by atoms with Crippen molar-refractivity contribution in [1.82, 2.24) is 5.01 Å². The van der Waals surface area contributed by atoms with Gasteiger partial charge in [-0.25, -0.2) is 4.79 Å². The van der Waals surface area contributed by atoms with Crippen LogP contribution in [-0.2, 0) is 4.74 Å². The van der Waals surface area contributed by atoms with Gasteiger partial charge in [-0.05, 0) is 53.6 Å². The predicted molar refractivity (Wildman–Crippen MR) is 124 cm³/mol. The minimum absolute atomic E-state index is 0.317. The number of ether oxygens (including phenoxy) is 3. The van der Waals surface area contributed by atoms with Gasteiger partial charge in [-0.15, -0.1) is 0 Å². The van der Waals surface area contributed by atoms with E-state index < -0.39 is 6.10 Å². The number of nitrogens with zero attached hydrogens (tertiary/aromatic N) is 2. The number of hydrogen-bond donors (Lipinski definition) is 0. The second-order valence-corrected chi connectivity index (χ2v) is 7.72. The summed E-state index contributed by atoms with van der Waals surface area (Å²) in [4.78, 5) is 12.7. The molecule has 2 unspecified atom stereocenters. The number of methoxy groups -OCH3 is 2. The number of benzene rings is 3. The highest BCUT2D eigenvalue weighted by atomic mass is 16.5. The fourth-order valence-corrected chi connectivity index (χ4v) is 3.98. The summed E-state index contributed by atoms with van der Waals surface area (Å²) in [7, 11) is 7.03. The van der Waals surface area contributed by atoms with Crippen molar-refractivity contribution in [1.29, 1.82) is 0 Å². The zero-order valence-electron chi connectivity index (χ0n) is 18.6. The average Bonchev–Trinajstić information content (AvgIpc) is 3.15. The molecule has 0 aliphatic carbocycles. The molecule has 4 rings (SSSR count). The Bertz CT molecular complexity index is 1120. The maximum Gasteiger partial charge on any atom is 0.339 e. The van der Waals surface area contributed by atoms with E-state index in [4.69, 9.17) is 19.3 Å². The zero-order valence-corrected chi connectivity index (χ0v) is 18.6. The van der Waals surface area contributed by atoms with E-state index in [0.29, 0.717) is 5.56 Å². The Kier molecular flexibility index (Phi) is 6.12. The van der Waals surface area contributed by atoms with Crippen molar-refractivity contribution < 1.29 is 19.0 Å². The molecule has 1 aliphatic heterocycles. The maximum absolute atomic E-state index is 12.7. The molecule has 0 N–H and O–H groups in total. The third-order valence-corrected chi connectivity index (χ3v) is 5.49. The summed E-state index contributed by atoms with van der Waals surface area (Å²) in [5.41, 5.74) is 4.13. The Labute approximate surface area is 188 Å².